The maximum absolute atomic E-state index is 4.95. The van der Waals surface area contributed by atoms with E-state index in [0.29, 0.717) is 0 Å². The van der Waals surface area contributed by atoms with Gasteiger partial charge in [0, 0.05) is 42.2 Å². The van der Waals surface area contributed by atoms with Gasteiger partial charge in [0.15, 0.2) is 0 Å². The van der Waals surface area contributed by atoms with Crippen molar-refractivity contribution in [3.8, 4) is 0 Å². The second-order valence-corrected chi connectivity index (χ2v) is 8.00. The van der Waals surface area contributed by atoms with E-state index in [1.807, 2.05) is 0 Å². The second kappa shape index (κ2) is 5.48. The van der Waals surface area contributed by atoms with Crippen LogP contribution >= 0.6 is 0 Å². The van der Waals surface area contributed by atoms with E-state index in [-0.39, 0.29) is 5.41 Å². The minimum Gasteiger partial charge on any atom is -0.350 e. The Morgan fingerprint density at radius 1 is 1.04 bits per heavy atom. The van der Waals surface area contributed by atoms with Crippen molar-refractivity contribution in [1.29, 1.82) is 0 Å². The van der Waals surface area contributed by atoms with Crippen molar-refractivity contribution in [2.24, 2.45) is 7.05 Å². The fraction of sp³-hybridized carbons (Fsp3) is 0.318. The lowest BCUT2D eigenvalue weighted by Crippen LogP contribution is -2.15. The van der Waals surface area contributed by atoms with Gasteiger partial charge in [-0.2, -0.15) is 0 Å². The van der Waals surface area contributed by atoms with Crippen molar-refractivity contribution in [2.45, 2.75) is 39.5 Å². The molecule has 1 aromatic carbocycles. The molecular weight excluding hydrogens is 306 g/mol. The molecule has 3 heterocycles. The van der Waals surface area contributed by atoms with Crippen LogP contribution in [0.2, 0.25) is 0 Å². The molecule has 3 heteroatoms. The monoisotopic (exact) mass is 331 g/mol. The summed E-state index contributed by atoms with van der Waals surface area (Å²) in [5.41, 5.74) is 7.51. The van der Waals surface area contributed by atoms with Gasteiger partial charge >= 0.3 is 0 Å². The average Bonchev–Trinajstić information content (AvgIpc) is 3.08. The van der Waals surface area contributed by atoms with Gasteiger partial charge in [0.2, 0.25) is 0 Å². The summed E-state index contributed by atoms with van der Waals surface area (Å²) in [5, 5.41) is 1.37. The molecule has 0 amide bonds. The van der Waals surface area contributed by atoms with Crippen LogP contribution in [0.5, 0.6) is 0 Å². The quantitative estimate of drug-likeness (QED) is 0.505. The predicted octanol–water partition coefficient (Wildman–Crippen LogP) is 5.02. The number of aromatic nitrogens is 3. The molecule has 0 bridgehead atoms. The van der Waals surface area contributed by atoms with Gasteiger partial charge in [-0.25, -0.2) is 4.98 Å². The van der Waals surface area contributed by atoms with Crippen molar-refractivity contribution >= 4 is 16.6 Å². The topological polar surface area (TPSA) is 22.2 Å². The van der Waals surface area contributed by atoms with Gasteiger partial charge in [-0.15, -0.1) is 0 Å². The van der Waals surface area contributed by atoms with Crippen LogP contribution in [0.3, 0.4) is 0 Å². The highest BCUT2D eigenvalue weighted by Crippen LogP contribution is 2.31. The highest BCUT2D eigenvalue weighted by Gasteiger charge is 2.24. The predicted molar refractivity (Wildman–Crippen MR) is 104 cm³/mol. The molecule has 0 saturated carbocycles. The maximum Gasteiger partial charge on any atom is 0.137 e. The molecule has 0 radical (unpaired) electrons. The van der Waals surface area contributed by atoms with Crippen LogP contribution in [-0.4, -0.2) is 14.0 Å². The standard InChI is InChI=1S/C22H25N3/c1-15-9-8-10-17-20(15)16(14-24(17)5)13-18-21(22(2,3)4)23-19-11-6-7-12-25(18)19/h6-12,14H,13H2,1-5H3. The molecule has 25 heavy (non-hydrogen) atoms. The number of hydrogen-bond donors (Lipinski definition) is 0. The van der Waals surface area contributed by atoms with Crippen LogP contribution in [0.4, 0.5) is 0 Å². The minimum absolute atomic E-state index is 0.0149. The average molecular weight is 331 g/mol. The van der Waals surface area contributed by atoms with E-state index in [1.165, 1.54) is 33.4 Å². The van der Waals surface area contributed by atoms with Crippen molar-refractivity contribution in [2.75, 3.05) is 0 Å². The van der Waals surface area contributed by atoms with Gasteiger partial charge in [0.25, 0.3) is 0 Å². The molecule has 0 unspecified atom stereocenters. The highest BCUT2D eigenvalue weighted by molar-refractivity contribution is 5.87. The van der Waals surface area contributed by atoms with Crippen molar-refractivity contribution in [3.63, 3.8) is 0 Å². The molecule has 0 fully saturated rings. The van der Waals surface area contributed by atoms with E-state index in [0.717, 1.165) is 12.1 Å². The molecule has 0 N–H and O–H groups in total. The molecule has 0 aliphatic carbocycles. The lowest BCUT2D eigenvalue weighted by atomic mass is 9.89. The van der Waals surface area contributed by atoms with Gasteiger partial charge < -0.3 is 8.97 Å². The number of hydrogen-bond acceptors (Lipinski definition) is 1. The maximum atomic E-state index is 4.95. The molecule has 0 aliphatic rings. The van der Waals surface area contributed by atoms with Crippen molar-refractivity contribution in [3.05, 3.63) is 71.3 Å². The lowest BCUT2D eigenvalue weighted by molar-refractivity contribution is 0.566. The smallest absolute Gasteiger partial charge is 0.137 e. The number of fused-ring (bicyclic) bond motifs is 2. The molecule has 4 rings (SSSR count). The van der Waals surface area contributed by atoms with E-state index in [4.69, 9.17) is 4.98 Å². The van der Waals surface area contributed by atoms with Crippen molar-refractivity contribution in [1.82, 2.24) is 14.0 Å². The van der Waals surface area contributed by atoms with E-state index >= 15 is 0 Å². The molecule has 3 aromatic heterocycles. The van der Waals surface area contributed by atoms with Crippen LogP contribution in [0.1, 0.15) is 43.3 Å². The first kappa shape index (κ1) is 15.9. The molecule has 4 aromatic rings. The summed E-state index contributed by atoms with van der Waals surface area (Å²) in [7, 11) is 2.13. The lowest BCUT2D eigenvalue weighted by Gasteiger charge is -2.18. The zero-order chi connectivity index (χ0) is 17.8. The summed E-state index contributed by atoms with van der Waals surface area (Å²) in [5.74, 6) is 0. The van der Waals surface area contributed by atoms with E-state index in [2.05, 4.69) is 92.5 Å². The first-order chi connectivity index (χ1) is 11.9. The number of nitrogens with zero attached hydrogens (tertiary/aromatic N) is 3. The summed E-state index contributed by atoms with van der Waals surface area (Å²) in [6.07, 6.45) is 5.29. The first-order valence-electron chi connectivity index (χ1n) is 8.86. The van der Waals surface area contributed by atoms with Crippen LogP contribution in [0.25, 0.3) is 16.6 Å². The number of benzene rings is 1. The Kier molecular flexibility index (Phi) is 3.50. The Bertz CT molecular complexity index is 1070. The van der Waals surface area contributed by atoms with E-state index in [9.17, 15) is 0 Å². The normalized spacial score (nSPS) is 12.4. The SMILES string of the molecule is Cc1cccc2c1c(Cc1c(C(C)(C)C)nc3ccccn13)cn2C. The van der Waals surface area contributed by atoms with Crippen LogP contribution in [-0.2, 0) is 18.9 Å². The van der Waals surface area contributed by atoms with Gasteiger partial charge in [0.1, 0.15) is 5.65 Å². The number of imidazole rings is 1. The molecule has 0 aliphatic heterocycles. The van der Waals surface area contributed by atoms with Gasteiger partial charge in [-0.05, 0) is 36.2 Å². The van der Waals surface area contributed by atoms with E-state index < -0.39 is 0 Å². The van der Waals surface area contributed by atoms with Crippen LogP contribution < -0.4 is 0 Å². The molecule has 0 saturated heterocycles. The van der Waals surface area contributed by atoms with Crippen LogP contribution in [0.15, 0.2) is 48.8 Å². The first-order valence-corrected chi connectivity index (χ1v) is 8.86. The summed E-state index contributed by atoms with van der Waals surface area (Å²) in [4.78, 5) is 4.95. The molecule has 0 atom stereocenters. The van der Waals surface area contributed by atoms with Crippen molar-refractivity contribution < 1.29 is 0 Å². The number of rotatable bonds is 2. The van der Waals surface area contributed by atoms with Crippen LogP contribution in [0, 0.1) is 6.92 Å². The minimum atomic E-state index is 0.0149. The summed E-state index contributed by atoms with van der Waals surface area (Å²) < 4.78 is 4.48. The second-order valence-electron chi connectivity index (χ2n) is 8.00. The molecule has 0 spiro atoms. The Labute approximate surface area is 148 Å². The molecular formula is C22H25N3. The molecule has 128 valence electrons. The Morgan fingerprint density at radius 2 is 1.84 bits per heavy atom. The Hall–Kier alpha value is -2.55. The highest BCUT2D eigenvalue weighted by atomic mass is 15.0. The summed E-state index contributed by atoms with van der Waals surface area (Å²) in [6, 6.07) is 12.8. The zero-order valence-corrected chi connectivity index (χ0v) is 15.7. The number of pyridine rings is 1. The third kappa shape index (κ3) is 2.55. The Morgan fingerprint density at radius 3 is 2.60 bits per heavy atom. The molecule has 3 nitrogen and oxygen atoms in total. The summed E-state index contributed by atoms with van der Waals surface area (Å²) >= 11 is 0. The van der Waals surface area contributed by atoms with Gasteiger partial charge in [-0.1, -0.05) is 39.0 Å². The third-order valence-electron chi connectivity index (χ3n) is 5.00. The fourth-order valence-corrected chi connectivity index (χ4v) is 3.86. The van der Waals surface area contributed by atoms with E-state index in [1.54, 1.807) is 0 Å². The fourth-order valence-electron chi connectivity index (χ4n) is 3.86. The third-order valence-corrected chi connectivity index (χ3v) is 5.00. The Balaban J connectivity index is 1.95. The van der Waals surface area contributed by atoms with Gasteiger partial charge in [-0.3, -0.25) is 0 Å². The summed E-state index contributed by atoms with van der Waals surface area (Å²) in [6.45, 7) is 8.93. The largest absolute Gasteiger partial charge is 0.350 e. The zero-order valence-electron chi connectivity index (χ0n) is 15.7. The number of aryl methyl sites for hydroxylation is 2. The van der Waals surface area contributed by atoms with Gasteiger partial charge in [0.05, 0.1) is 11.4 Å².